The van der Waals surface area contributed by atoms with Crippen molar-refractivity contribution in [2.24, 2.45) is 0 Å². The molecule has 10 aromatic rings. The molecular formula is C46H29N5O. The molecule has 0 aliphatic carbocycles. The van der Waals surface area contributed by atoms with E-state index >= 15 is 0 Å². The number of para-hydroxylation sites is 3. The monoisotopic (exact) mass is 667 g/mol. The van der Waals surface area contributed by atoms with E-state index in [1.54, 1.807) is 0 Å². The highest BCUT2D eigenvalue weighted by Gasteiger charge is 2.19. The number of hydrogen-bond donors (Lipinski definition) is 0. The third-order valence-corrected chi connectivity index (χ3v) is 9.50. The van der Waals surface area contributed by atoms with Crippen LogP contribution >= 0.6 is 0 Å². The lowest BCUT2D eigenvalue weighted by atomic mass is 10.0. The standard InChI is InChI=1S/C46H29N5O/c1-3-13-31(14-4-1)43-48-44(32-15-5-2-6-16-32)50-45(49-43)34-18-11-17-33(29-34)30-25-27-35(28-26-30)51-39-22-9-7-19-36(39)42-37(20-12-23-40(42)51)46-47-38-21-8-10-24-41(38)52-46/h1-29H. The Morgan fingerprint density at radius 1 is 0.404 bits per heavy atom. The van der Waals surface area contributed by atoms with E-state index in [9.17, 15) is 0 Å². The summed E-state index contributed by atoms with van der Waals surface area (Å²) in [6.07, 6.45) is 0. The summed E-state index contributed by atoms with van der Waals surface area (Å²) in [6, 6.07) is 60.0. The highest BCUT2D eigenvalue weighted by molar-refractivity contribution is 6.15. The summed E-state index contributed by atoms with van der Waals surface area (Å²) in [5.41, 5.74) is 10.9. The SMILES string of the molecule is c1ccc(-c2nc(-c3ccccc3)nc(-c3cccc(-c4ccc(-n5c6ccccc6c6c(-c7nc8ccccc8o7)cccc65)cc4)c3)n2)cc1. The molecule has 6 nitrogen and oxygen atoms in total. The maximum Gasteiger partial charge on any atom is 0.228 e. The van der Waals surface area contributed by atoms with E-state index in [1.807, 2.05) is 84.9 Å². The van der Waals surface area contributed by atoms with Gasteiger partial charge < -0.3 is 8.98 Å². The third-order valence-electron chi connectivity index (χ3n) is 9.50. The minimum atomic E-state index is 0.620. The van der Waals surface area contributed by atoms with Gasteiger partial charge in [0.1, 0.15) is 5.52 Å². The fourth-order valence-corrected chi connectivity index (χ4v) is 7.04. The second-order valence-electron chi connectivity index (χ2n) is 12.7. The van der Waals surface area contributed by atoms with Gasteiger partial charge in [0, 0.05) is 38.7 Å². The fourth-order valence-electron chi connectivity index (χ4n) is 7.04. The second-order valence-corrected chi connectivity index (χ2v) is 12.7. The van der Waals surface area contributed by atoms with Crippen molar-refractivity contribution in [2.45, 2.75) is 0 Å². The molecule has 0 N–H and O–H groups in total. The number of aromatic nitrogens is 5. The number of hydrogen-bond acceptors (Lipinski definition) is 5. The first-order valence-corrected chi connectivity index (χ1v) is 17.2. The summed E-state index contributed by atoms with van der Waals surface area (Å²) in [7, 11) is 0. The van der Waals surface area contributed by atoms with Crippen molar-refractivity contribution >= 4 is 32.9 Å². The Bertz CT molecular complexity index is 2800. The average Bonchev–Trinajstić information content (AvgIpc) is 3.81. The van der Waals surface area contributed by atoms with E-state index in [-0.39, 0.29) is 0 Å². The Balaban J connectivity index is 1.05. The molecule has 3 aromatic heterocycles. The van der Waals surface area contributed by atoms with Crippen LogP contribution in [0.4, 0.5) is 0 Å². The highest BCUT2D eigenvalue weighted by Crippen LogP contribution is 2.39. The molecule has 0 bridgehead atoms. The van der Waals surface area contributed by atoms with E-state index in [1.165, 1.54) is 0 Å². The number of rotatable bonds is 6. The van der Waals surface area contributed by atoms with Crippen LogP contribution in [0.1, 0.15) is 0 Å². The van der Waals surface area contributed by atoms with Gasteiger partial charge in [-0.05, 0) is 59.7 Å². The number of fused-ring (bicyclic) bond motifs is 4. The Morgan fingerprint density at radius 3 is 1.71 bits per heavy atom. The lowest BCUT2D eigenvalue weighted by molar-refractivity contribution is 0.620. The summed E-state index contributed by atoms with van der Waals surface area (Å²) >= 11 is 0. The maximum atomic E-state index is 6.26. The molecule has 0 saturated heterocycles. The van der Waals surface area contributed by atoms with Crippen LogP contribution in [0, 0.1) is 0 Å². The van der Waals surface area contributed by atoms with Crippen LogP contribution in [0.2, 0.25) is 0 Å². The van der Waals surface area contributed by atoms with Crippen LogP contribution in [0.3, 0.4) is 0 Å². The summed E-state index contributed by atoms with van der Waals surface area (Å²) in [6.45, 7) is 0. The first kappa shape index (κ1) is 29.7. The van der Waals surface area contributed by atoms with Gasteiger partial charge in [0.2, 0.25) is 5.89 Å². The Hall–Kier alpha value is -7.18. The van der Waals surface area contributed by atoms with E-state index in [4.69, 9.17) is 24.4 Å². The first-order valence-electron chi connectivity index (χ1n) is 17.2. The molecule has 0 spiro atoms. The number of benzene rings is 7. The number of nitrogens with zero attached hydrogens (tertiary/aromatic N) is 5. The van der Waals surface area contributed by atoms with Gasteiger partial charge in [0.15, 0.2) is 23.1 Å². The summed E-state index contributed by atoms with van der Waals surface area (Å²) in [5, 5.41) is 2.26. The molecule has 0 radical (unpaired) electrons. The Morgan fingerprint density at radius 2 is 0.981 bits per heavy atom. The molecule has 0 unspecified atom stereocenters. The Labute approximate surface area is 299 Å². The van der Waals surface area contributed by atoms with Crippen molar-refractivity contribution in [3.05, 3.63) is 176 Å². The Kier molecular flexibility index (Phi) is 7.03. The molecule has 52 heavy (non-hydrogen) atoms. The van der Waals surface area contributed by atoms with Gasteiger partial charge in [0.05, 0.1) is 11.0 Å². The smallest absolute Gasteiger partial charge is 0.228 e. The molecule has 0 atom stereocenters. The topological polar surface area (TPSA) is 69.6 Å². The van der Waals surface area contributed by atoms with E-state index in [2.05, 4.69) is 95.6 Å². The molecule has 0 fully saturated rings. The van der Waals surface area contributed by atoms with Crippen molar-refractivity contribution in [1.82, 2.24) is 24.5 Å². The van der Waals surface area contributed by atoms with Gasteiger partial charge in [-0.2, -0.15) is 0 Å². The predicted molar refractivity (Wildman–Crippen MR) is 209 cm³/mol. The van der Waals surface area contributed by atoms with Crippen molar-refractivity contribution in [2.75, 3.05) is 0 Å². The minimum absolute atomic E-state index is 0.620. The molecule has 7 aromatic carbocycles. The van der Waals surface area contributed by atoms with Crippen LogP contribution < -0.4 is 0 Å². The number of oxazole rings is 1. The minimum Gasteiger partial charge on any atom is -0.436 e. The van der Waals surface area contributed by atoms with Crippen LogP contribution in [0.25, 0.3) is 95.3 Å². The second kappa shape index (κ2) is 12.3. The molecule has 0 aliphatic heterocycles. The zero-order chi connectivity index (χ0) is 34.4. The third kappa shape index (κ3) is 5.13. The van der Waals surface area contributed by atoms with Crippen LogP contribution in [0.15, 0.2) is 180 Å². The van der Waals surface area contributed by atoms with Crippen LogP contribution in [0.5, 0.6) is 0 Å². The van der Waals surface area contributed by atoms with Crippen LogP contribution in [-0.4, -0.2) is 24.5 Å². The van der Waals surface area contributed by atoms with Gasteiger partial charge in [0.25, 0.3) is 0 Å². The molecule has 10 rings (SSSR count). The average molecular weight is 668 g/mol. The molecule has 0 amide bonds. The fraction of sp³-hybridized carbons (Fsp3) is 0. The molecule has 6 heteroatoms. The maximum absolute atomic E-state index is 6.26. The van der Waals surface area contributed by atoms with Gasteiger partial charge >= 0.3 is 0 Å². The van der Waals surface area contributed by atoms with Gasteiger partial charge in [-0.1, -0.05) is 127 Å². The molecular weight excluding hydrogens is 639 g/mol. The first-order chi connectivity index (χ1) is 25.8. The van der Waals surface area contributed by atoms with E-state index in [0.29, 0.717) is 23.4 Å². The summed E-state index contributed by atoms with van der Waals surface area (Å²) < 4.78 is 8.58. The van der Waals surface area contributed by atoms with Crippen molar-refractivity contribution in [1.29, 1.82) is 0 Å². The van der Waals surface area contributed by atoms with E-state index < -0.39 is 0 Å². The highest BCUT2D eigenvalue weighted by atomic mass is 16.3. The summed E-state index contributed by atoms with van der Waals surface area (Å²) in [4.78, 5) is 19.6. The molecule has 244 valence electrons. The quantitative estimate of drug-likeness (QED) is 0.176. The van der Waals surface area contributed by atoms with Crippen molar-refractivity contribution < 1.29 is 4.42 Å². The van der Waals surface area contributed by atoms with Gasteiger partial charge in [-0.15, -0.1) is 0 Å². The van der Waals surface area contributed by atoms with Gasteiger partial charge in [-0.25, -0.2) is 19.9 Å². The van der Waals surface area contributed by atoms with Crippen molar-refractivity contribution in [3.63, 3.8) is 0 Å². The normalized spacial score (nSPS) is 11.5. The zero-order valence-electron chi connectivity index (χ0n) is 27.9. The van der Waals surface area contributed by atoms with E-state index in [0.717, 1.165) is 72.0 Å². The molecule has 0 saturated carbocycles. The van der Waals surface area contributed by atoms with Gasteiger partial charge in [-0.3, -0.25) is 0 Å². The molecule has 0 aliphatic rings. The largest absolute Gasteiger partial charge is 0.436 e. The predicted octanol–water partition coefficient (Wildman–Crippen LogP) is 11.4. The summed E-state index contributed by atoms with van der Waals surface area (Å²) in [5.74, 6) is 2.54. The van der Waals surface area contributed by atoms with Crippen LogP contribution in [-0.2, 0) is 0 Å². The molecule has 3 heterocycles. The van der Waals surface area contributed by atoms with Crippen molar-refractivity contribution in [3.8, 4) is 62.4 Å². The lowest BCUT2D eigenvalue weighted by Gasteiger charge is -2.11. The zero-order valence-corrected chi connectivity index (χ0v) is 27.9. The lowest BCUT2D eigenvalue weighted by Crippen LogP contribution is -2.00.